The SMILES string of the molecule is CC(C)(C)c1[c-]c2c(cc1)-c1ccc(C(C)(C)C)cc1C2.CC1[C-]=CC(C2C3CC4CC(C3)CC2C4)=C1.Cc1cc[c-]cc1.Cc1cc[c-]cc1.Cl.Cl.[CH2]=[Zr]. The molecule has 6 aliphatic rings. The average Bonchev–Trinajstić information content (AvgIpc) is 3.72. The van der Waals surface area contributed by atoms with Crippen molar-refractivity contribution in [1.29, 1.82) is 0 Å². The fraction of sp³-hybridized carbons (Fsp3) is 0.442. The Morgan fingerprint density at radius 1 is 0.655 bits per heavy atom. The van der Waals surface area contributed by atoms with Gasteiger partial charge in [-0.05, 0) is 84.2 Å². The van der Waals surface area contributed by atoms with E-state index in [1.165, 1.54) is 94.4 Å². The third kappa shape index (κ3) is 12.6. The molecule has 4 bridgehead atoms. The molecule has 1 atom stereocenters. The van der Waals surface area contributed by atoms with Crippen molar-refractivity contribution in [2.24, 2.45) is 35.5 Å². The van der Waals surface area contributed by atoms with Gasteiger partial charge in [-0.15, -0.1) is 35.9 Å². The van der Waals surface area contributed by atoms with Gasteiger partial charge in [-0.25, -0.2) is 6.08 Å². The number of allylic oxidation sites excluding steroid dienone is 4. The maximum atomic E-state index is 3.67. The monoisotopic (exact) mass is 848 g/mol. The molecule has 0 heterocycles. The van der Waals surface area contributed by atoms with Crippen LogP contribution in [0.3, 0.4) is 0 Å². The molecule has 1 unspecified atom stereocenters. The summed E-state index contributed by atoms with van der Waals surface area (Å²) in [6.45, 7) is 20.0. The minimum absolute atomic E-state index is 0. The Bertz CT molecular complexity index is 1710. The van der Waals surface area contributed by atoms with Gasteiger partial charge in [0.15, 0.2) is 0 Å². The Morgan fingerprint density at radius 2 is 1.16 bits per heavy atom. The molecule has 4 fully saturated rings. The van der Waals surface area contributed by atoms with E-state index in [1.807, 2.05) is 48.5 Å². The third-order valence-electron chi connectivity index (χ3n) is 11.8. The Kier molecular flexibility index (Phi) is 17.9. The summed E-state index contributed by atoms with van der Waals surface area (Å²) in [5, 5.41) is 0. The van der Waals surface area contributed by atoms with Gasteiger partial charge in [0, 0.05) is 0 Å². The van der Waals surface area contributed by atoms with Gasteiger partial charge in [0.05, 0.1) is 0 Å². The Balaban J connectivity index is 0.000000210. The fourth-order valence-corrected chi connectivity index (χ4v) is 9.26. The minimum atomic E-state index is 0. The van der Waals surface area contributed by atoms with E-state index in [1.54, 1.807) is 12.0 Å². The summed E-state index contributed by atoms with van der Waals surface area (Å²) in [7, 11) is 0. The van der Waals surface area contributed by atoms with Crippen LogP contribution in [0.5, 0.6) is 0 Å². The molecule has 0 aromatic heterocycles. The molecule has 55 heavy (non-hydrogen) atoms. The number of fused-ring (bicyclic) bond motifs is 3. The van der Waals surface area contributed by atoms with Crippen LogP contribution in [-0.2, 0) is 41.5 Å². The van der Waals surface area contributed by atoms with Gasteiger partial charge in [-0.3, -0.25) is 6.08 Å². The van der Waals surface area contributed by atoms with Crippen molar-refractivity contribution in [2.75, 3.05) is 0 Å². The molecule has 0 aliphatic heterocycles. The number of halogens is 2. The first-order valence-electron chi connectivity index (χ1n) is 20.0. The number of hydrogen-bond donors (Lipinski definition) is 0. The van der Waals surface area contributed by atoms with Crippen LogP contribution in [0.4, 0.5) is 0 Å². The maximum absolute atomic E-state index is 3.67. The molecule has 0 spiro atoms. The van der Waals surface area contributed by atoms with E-state index in [0.29, 0.717) is 5.92 Å². The number of benzene rings is 4. The van der Waals surface area contributed by atoms with Crippen molar-refractivity contribution >= 4 is 29.0 Å². The summed E-state index contributed by atoms with van der Waals surface area (Å²) in [6.07, 6.45) is 17.0. The molecule has 0 N–H and O–H groups in total. The molecule has 3 heteroatoms. The fourth-order valence-electron chi connectivity index (χ4n) is 9.26. The molecule has 0 nitrogen and oxygen atoms in total. The van der Waals surface area contributed by atoms with E-state index in [2.05, 4.69) is 133 Å². The predicted octanol–water partition coefficient (Wildman–Crippen LogP) is 14.0. The van der Waals surface area contributed by atoms with Gasteiger partial charge in [-0.2, -0.15) is 107 Å². The standard InChI is InChI=1S/C21H25.C16H21.2C7H7.CH2.2ClH.Zr/c1-20(2,3)16-7-9-18-14(12-16)11-15-13-17(21(4,5)6)8-10-19(15)18;1-10-2-3-13(4-10)16-14-6-11-5-12(8-14)9-15(16)7-11;2*1-7-5-3-2-4-6-7;;;;/h7-10,12H,11H2,1-6H3;3-4,10-12,14-16H,5-9H2,1H3;2*3-6H,1H3;1H2;2*1H;/q4*-1;;;;. The van der Waals surface area contributed by atoms with Gasteiger partial charge < -0.3 is 0 Å². The van der Waals surface area contributed by atoms with E-state index < -0.39 is 0 Å². The van der Waals surface area contributed by atoms with Gasteiger partial charge in [0.25, 0.3) is 0 Å². The summed E-state index contributed by atoms with van der Waals surface area (Å²) in [4.78, 5) is 0. The molecular formula is C52H64Cl2Zr-4. The first-order valence-corrected chi connectivity index (χ1v) is 21.7. The summed E-state index contributed by atoms with van der Waals surface area (Å²) >= 11 is 1.30. The topological polar surface area (TPSA) is 0 Å². The number of hydrogen-bond acceptors (Lipinski definition) is 0. The number of rotatable bonds is 1. The molecule has 4 saturated carbocycles. The predicted molar refractivity (Wildman–Crippen MR) is 238 cm³/mol. The zero-order valence-corrected chi connectivity index (χ0v) is 39.0. The summed E-state index contributed by atoms with van der Waals surface area (Å²) < 4.78 is 3.34. The normalized spacial score (nSPS) is 23.2. The molecule has 10 rings (SSSR count). The van der Waals surface area contributed by atoms with Crippen LogP contribution in [0.15, 0.2) is 96.6 Å². The van der Waals surface area contributed by atoms with Gasteiger partial charge >= 0.3 is 28.4 Å². The zero-order chi connectivity index (χ0) is 38.3. The first-order chi connectivity index (χ1) is 25.2. The Hall–Kier alpha value is -2.31. The van der Waals surface area contributed by atoms with Crippen LogP contribution in [-0.4, -0.2) is 4.21 Å². The quantitative estimate of drug-likeness (QED) is 0.147. The van der Waals surface area contributed by atoms with Crippen molar-refractivity contribution in [3.05, 3.63) is 154 Å². The molecule has 294 valence electrons. The number of aryl methyl sites for hydroxylation is 2. The third-order valence-corrected chi connectivity index (χ3v) is 11.8. The zero-order valence-electron chi connectivity index (χ0n) is 34.9. The van der Waals surface area contributed by atoms with Crippen LogP contribution in [0.2, 0.25) is 0 Å². The summed E-state index contributed by atoms with van der Waals surface area (Å²) in [5.74, 6) is 5.77. The van der Waals surface area contributed by atoms with Crippen molar-refractivity contribution < 1.29 is 24.2 Å². The van der Waals surface area contributed by atoms with Crippen molar-refractivity contribution in [1.82, 2.24) is 0 Å². The van der Waals surface area contributed by atoms with Gasteiger partial charge in [0.2, 0.25) is 0 Å². The van der Waals surface area contributed by atoms with Crippen molar-refractivity contribution in [2.45, 2.75) is 112 Å². The second-order valence-corrected chi connectivity index (χ2v) is 18.2. The van der Waals surface area contributed by atoms with Crippen molar-refractivity contribution in [3.8, 4) is 11.1 Å². The Labute approximate surface area is 363 Å². The van der Waals surface area contributed by atoms with E-state index in [9.17, 15) is 0 Å². The van der Waals surface area contributed by atoms with E-state index >= 15 is 0 Å². The first kappa shape index (κ1) is 47.1. The average molecular weight is 851 g/mol. The molecule has 0 radical (unpaired) electrons. The van der Waals surface area contributed by atoms with E-state index in [-0.39, 0.29) is 35.6 Å². The van der Waals surface area contributed by atoms with Gasteiger partial charge in [0.1, 0.15) is 0 Å². The molecule has 6 aliphatic carbocycles. The van der Waals surface area contributed by atoms with Crippen LogP contribution in [0, 0.1) is 73.6 Å². The molecule has 4 aromatic carbocycles. The molecule has 0 amide bonds. The van der Waals surface area contributed by atoms with Crippen molar-refractivity contribution in [3.63, 3.8) is 0 Å². The molecular weight excluding hydrogens is 787 g/mol. The van der Waals surface area contributed by atoms with Crippen LogP contribution >= 0.6 is 24.8 Å². The van der Waals surface area contributed by atoms with Crippen LogP contribution in [0.1, 0.15) is 114 Å². The van der Waals surface area contributed by atoms with E-state index in [0.717, 1.165) is 36.0 Å². The summed E-state index contributed by atoms with van der Waals surface area (Å²) in [5.41, 5.74) is 12.9. The second kappa shape index (κ2) is 20.9. The van der Waals surface area contributed by atoms with E-state index in [4.69, 9.17) is 0 Å². The second-order valence-electron chi connectivity index (χ2n) is 18.2. The molecule has 4 aromatic rings. The molecule has 0 saturated heterocycles. The summed E-state index contributed by atoms with van der Waals surface area (Å²) in [6, 6.07) is 36.8. The van der Waals surface area contributed by atoms with Gasteiger partial charge in [-0.1, -0.05) is 97.9 Å². The van der Waals surface area contributed by atoms with Crippen LogP contribution in [0.25, 0.3) is 11.1 Å². The Morgan fingerprint density at radius 3 is 1.58 bits per heavy atom. The van der Waals surface area contributed by atoms with Crippen LogP contribution < -0.4 is 0 Å².